The van der Waals surface area contributed by atoms with Crippen molar-refractivity contribution >= 4 is 10.9 Å². The zero-order valence-electron chi connectivity index (χ0n) is 12.2. The molecule has 1 aromatic carbocycles. The van der Waals surface area contributed by atoms with Gasteiger partial charge in [-0.1, -0.05) is 32.0 Å². The summed E-state index contributed by atoms with van der Waals surface area (Å²) < 4.78 is 0. The number of rotatable bonds is 6. The first-order valence-electron chi connectivity index (χ1n) is 7.14. The fourth-order valence-electron chi connectivity index (χ4n) is 2.99. The smallest absolute Gasteiger partial charge is 0.0456 e. The second-order valence-electron chi connectivity index (χ2n) is 5.41. The van der Waals surface area contributed by atoms with Crippen LogP contribution in [0.2, 0.25) is 0 Å². The van der Waals surface area contributed by atoms with Gasteiger partial charge in [0.2, 0.25) is 0 Å². The van der Waals surface area contributed by atoms with Gasteiger partial charge in [-0.3, -0.25) is 4.90 Å². The first kappa shape index (κ1) is 14.1. The van der Waals surface area contributed by atoms with Crippen molar-refractivity contribution in [1.82, 2.24) is 9.88 Å². The predicted molar refractivity (Wildman–Crippen MR) is 82.4 cm³/mol. The Balaban J connectivity index is 2.32. The molecule has 3 N–H and O–H groups in total. The van der Waals surface area contributed by atoms with Crippen molar-refractivity contribution in [1.29, 1.82) is 0 Å². The molecule has 0 saturated carbocycles. The second kappa shape index (κ2) is 5.76. The molecule has 2 rings (SSSR count). The van der Waals surface area contributed by atoms with Crippen molar-refractivity contribution in [3.05, 3.63) is 36.0 Å². The van der Waals surface area contributed by atoms with Crippen LogP contribution in [-0.4, -0.2) is 35.1 Å². The van der Waals surface area contributed by atoms with Crippen molar-refractivity contribution in [2.45, 2.75) is 32.7 Å². The number of aromatic amines is 1. The van der Waals surface area contributed by atoms with E-state index in [1.165, 1.54) is 16.5 Å². The summed E-state index contributed by atoms with van der Waals surface area (Å²) in [6.07, 6.45) is 3.11. The van der Waals surface area contributed by atoms with Gasteiger partial charge in [0.15, 0.2) is 0 Å². The van der Waals surface area contributed by atoms with Gasteiger partial charge >= 0.3 is 0 Å². The van der Waals surface area contributed by atoms with E-state index in [4.69, 9.17) is 5.73 Å². The quantitative estimate of drug-likeness (QED) is 0.838. The van der Waals surface area contributed by atoms with E-state index < -0.39 is 0 Å². The number of nitrogens with one attached hydrogen (secondary N) is 1. The van der Waals surface area contributed by atoms with Crippen molar-refractivity contribution in [2.24, 2.45) is 5.73 Å². The Morgan fingerprint density at radius 2 is 1.89 bits per heavy atom. The molecule has 0 aliphatic rings. The topological polar surface area (TPSA) is 45.0 Å². The molecule has 1 heterocycles. The van der Waals surface area contributed by atoms with E-state index in [1.54, 1.807) is 0 Å². The average Bonchev–Trinajstić information content (AvgIpc) is 2.83. The van der Waals surface area contributed by atoms with Gasteiger partial charge in [0.1, 0.15) is 0 Å². The average molecular weight is 259 g/mol. The third-order valence-corrected chi connectivity index (χ3v) is 4.21. The van der Waals surface area contributed by atoms with Crippen LogP contribution in [0.15, 0.2) is 30.5 Å². The minimum absolute atomic E-state index is 0.0223. The third kappa shape index (κ3) is 2.67. The van der Waals surface area contributed by atoms with Crippen LogP contribution in [0.25, 0.3) is 10.9 Å². The van der Waals surface area contributed by atoms with E-state index in [1.807, 2.05) is 0 Å². The van der Waals surface area contributed by atoms with Crippen molar-refractivity contribution < 1.29 is 0 Å². The van der Waals surface area contributed by atoms with E-state index in [9.17, 15) is 0 Å². The Bertz CT molecular complexity index is 528. The highest BCUT2D eigenvalue weighted by molar-refractivity contribution is 5.83. The molecule has 1 unspecified atom stereocenters. The highest BCUT2D eigenvalue weighted by Gasteiger charge is 2.29. The van der Waals surface area contributed by atoms with Gasteiger partial charge in [0.25, 0.3) is 0 Å². The zero-order valence-corrected chi connectivity index (χ0v) is 12.2. The van der Waals surface area contributed by atoms with Crippen molar-refractivity contribution in [3.8, 4) is 0 Å². The van der Waals surface area contributed by atoms with Crippen LogP contribution in [0, 0.1) is 0 Å². The lowest BCUT2D eigenvalue weighted by Crippen LogP contribution is -2.53. The van der Waals surface area contributed by atoms with Crippen LogP contribution in [0.5, 0.6) is 0 Å². The maximum Gasteiger partial charge on any atom is 0.0456 e. The number of hydrogen-bond donors (Lipinski definition) is 2. The number of aromatic nitrogens is 1. The monoisotopic (exact) mass is 259 g/mol. The molecule has 0 bridgehead atoms. The number of nitrogens with two attached hydrogens (primary N) is 1. The summed E-state index contributed by atoms with van der Waals surface area (Å²) >= 11 is 0. The molecule has 1 aromatic heterocycles. The van der Waals surface area contributed by atoms with E-state index in [0.717, 1.165) is 19.5 Å². The van der Waals surface area contributed by atoms with Crippen LogP contribution in [0.1, 0.15) is 26.3 Å². The molecule has 19 heavy (non-hydrogen) atoms. The third-order valence-electron chi connectivity index (χ3n) is 4.21. The predicted octanol–water partition coefficient (Wildman–Crippen LogP) is 2.77. The molecular weight excluding hydrogens is 234 g/mol. The molecule has 0 saturated heterocycles. The first-order valence-corrected chi connectivity index (χ1v) is 7.14. The zero-order chi connectivity index (χ0) is 13.9. The fraction of sp³-hybridized carbons (Fsp3) is 0.500. The molecule has 2 aromatic rings. The number of likely N-dealkylation sites (N-methyl/N-ethyl adjacent to an activating group) is 1. The molecule has 0 aliphatic heterocycles. The highest BCUT2D eigenvalue weighted by Crippen LogP contribution is 2.25. The summed E-state index contributed by atoms with van der Waals surface area (Å²) in [6, 6.07) is 8.46. The van der Waals surface area contributed by atoms with E-state index in [-0.39, 0.29) is 5.54 Å². The minimum atomic E-state index is 0.0223. The lowest BCUT2D eigenvalue weighted by molar-refractivity contribution is 0.124. The second-order valence-corrected chi connectivity index (χ2v) is 5.41. The lowest BCUT2D eigenvalue weighted by Gasteiger charge is -2.39. The minimum Gasteiger partial charge on any atom is -0.361 e. The number of para-hydroxylation sites is 1. The lowest BCUT2D eigenvalue weighted by atomic mass is 9.90. The summed E-state index contributed by atoms with van der Waals surface area (Å²) in [5, 5.41) is 1.31. The van der Waals surface area contributed by atoms with Gasteiger partial charge in [0.05, 0.1) is 0 Å². The highest BCUT2D eigenvalue weighted by atomic mass is 15.2. The maximum absolute atomic E-state index is 6.07. The molecule has 0 fully saturated rings. The van der Waals surface area contributed by atoms with Crippen LogP contribution >= 0.6 is 0 Å². The van der Waals surface area contributed by atoms with Crippen LogP contribution < -0.4 is 5.73 Å². The molecule has 1 atom stereocenters. The van der Waals surface area contributed by atoms with Gasteiger partial charge in [0, 0.05) is 29.2 Å². The molecule has 3 heteroatoms. The molecule has 3 nitrogen and oxygen atoms in total. The molecule has 0 amide bonds. The first-order chi connectivity index (χ1) is 9.14. The number of hydrogen-bond acceptors (Lipinski definition) is 2. The summed E-state index contributed by atoms with van der Waals surface area (Å²) in [5.41, 5.74) is 8.65. The number of nitrogens with zero attached hydrogens (tertiary/aromatic N) is 1. The molecule has 104 valence electrons. The van der Waals surface area contributed by atoms with Gasteiger partial charge < -0.3 is 10.7 Å². The summed E-state index contributed by atoms with van der Waals surface area (Å²) in [7, 11) is 0. The Morgan fingerprint density at radius 3 is 2.53 bits per heavy atom. The summed E-state index contributed by atoms with van der Waals surface area (Å²) in [5.74, 6) is 0. The van der Waals surface area contributed by atoms with E-state index in [2.05, 4.69) is 61.1 Å². The van der Waals surface area contributed by atoms with Crippen molar-refractivity contribution in [2.75, 3.05) is 19.6 Å². The number of fused-ring (bicyclic) bond motifs is 1. The van der Waals surface area contributed by atoms with Crippen LogP contribution in [0.3, 0.4) is 0 Å². The van der Waals surface area contributed by atoms with Gasteiger partial charge in [-0.25, -0.2) is 0 Å². The Labute approximate surface area is 115 Å². The van der Waals surface area contributed by atoms with E-state index in [0.29, 0.717) is 6.54 Å². The normalized spacial score (nSPS) is 15.0. The molecular formula is C16H25N3. The van der Waals surface area contributed by atoms with Gasteiger partial charge in [-0.2, -0.15) is 0 Å². The van der Waals surface area contributed by atoms with Gasteiger partial charge in [-0.15, -0.1) is 0 Å². The number of benzene rings is 1. The number of H-pyrrole nitrogens is 1. The van der Waals surface area contributed by atoms with Gasteiger partial charge in [-0.05, 0) is 38.1 Å². The molecule has 0 aliphatic carbocycles. The molecule has 0 spiro atoms. The Morgan fingerprint density at radius 1 is 1.21 bits per heavy atom. The molecule has 0 radical (unpaired) electrons. The Hall–Kier alpha value is -1.32. The summed E-state index contributed by atoms with van der Waals surface area (Å²) in [6.45, 7) is 9.41. The fourth-order valence-corrected chi connectivity index (χ4v) is 2.99. The summed E-state index contributed by atoms with van der Waals surface area (Å²) in [4.78, 5) is 5.80. The van der Waals surface area contributed by atoms with Crippen molar-refractivity contribution in [3.63, 3.8) is 0 Å². The van der Waals surface area contributed by atoms with Crippen LogP contribution in [0.4, 0.5) is 0 Å². The Kier molecular flexibility index (Phi) is 4.27. The van der Waals surface area contributed by atoms with E-state index >= 15 is 0 Å². The maximum atomic E-state index is 6.07. The van der Waals surface area contributed by atoms with Crippen LogP contribution in [-0.2, 0) is 6.42 Å². The SMILES string of the molecule is CCN(CC)C(C)(CN)Cc1c[nH]c2ccccc12. The largest absolute Gasteiger partial charge is 0.361 e. The standard InChI is InChI=1S/C16H25N3/c1-4-19(5-2)16(3,12-17)10-13-11-18-15-9-7-6-8-14(13)15/h6-9,11,18H,4-5,10,12,17H2,1-3H3.